The van der Waals surface area contributed by atoms with Crippen molar-refractivity contribution in [2.75, 3.05) is 26.3 Å². The number of aromatic nitrogens is 3. The zero-order valence-electron chi connectivity index (χ0n) is 18.7. The number of fused-ring (bicyclic) bond motifs is 1. The normalized spacial score (nSPS) is 17.8. The van der Waals surface area contributed by atoms with Crippen LogP contribution in [0.1, 0.15) is 28.4 Å². The highest BCUT2D eigenvalue weighted by Gasteiger charge is 2.25. The number of hydrogen-bond acceptors (Lipinski definition) is 5. The van der Waals surface area contributed by atoms with E-state index in [0.717, 1.165) is 23.4 Å². The highest BCUT2D eigenvalue weighted by Crippen LogP contribution is 2.21. The van der Waals surface area contributed by atoms with Crippen molar-refractivity contribution >= 4 is 11.8 Å². The third kappa shape index (κ3) is 4.70. The number of hydrogen-bond donors (Lipinski definition) is 1. The fraction of sp³-hybridized carbons (Fsp3) is 0.360. The van der Waals surface area contributed by atoms with E-state index in [1.807, 2.05) is 21.6 Å². The Kier molecular flexibility index (Phi) is 6.35. The first-order valence-corrected chi connectivity index (χ1v) is 11.5. The van der Waals surface area contributed by atoms with Crippen LogP contribution in [0.15, 0.2) is 48.5 Å². The van der Waals surface area contributed by atoms with Crippen LogP contribution in [-0.2, 0) is 29.0 Å². The summed E-state index contributed by atoms with van der Waals surface area (Å²) in [6.07, 6.45) is 1.34. The molecule has 34 heavy (non-hydrogen) atoms. The molecular formula is C25H26FN5O3. The number of nitrogens with one attached hydrogen (secondary N) is 1. The summed E-state index contributed by atoms with van der Waals surface area (Å²) in [5.74, 6) is 1.07. The molecule has 1 N–H and O–H groups in total. The number of carbonyl (C=O) groups excluding carboxylic acids is 2. The largest absolute Gasteiger partial charge is 0.381 e. The molecule has 2 aliphatic rings. The SMILES string of the molecule is O=C(NCc1nnc2n1CCN(C(=O)c1ccc(-c3ccc(F)cc3)cc1)CC2)C1CCOC1. The first-order chi connectivity index (χ1) is 16.6. The van der Waals surface area contributed by atoms with Crippen molar-refractivity contribution in [2.24, 2.45) is 5.92 Å². The number of halogens is 1. The smallest absolute Gasteiger partial charge is 0.253 e. The quantitative estimate of drug-likeness (QED) is 0.628. The summed E-state index contributed by atoms with van der Waals surface area (Å²) in [7, 11) is 0. The first kappa shape index (κ1) is 22.2. The van der Waals surface area contributed by atoms with Crippen LogP contribution in [0.2, 0.25) is 0 Å². The molecule has 0 radical (unpaired) electrons. The summed E-state index contributed by atoms with van der Waals surface area (Å²) in [5.41, 5.74) is 2.43. The number of ether oxygens (including phenoxy) is 1. The van der Waals surface area contributed by atoms with Gasteiger partial charge in [-0.2, -0.15) is 0 Å². The molecule has 1 unspecified atom stereocenters. The topological polar surface area (TPSA) is 89.4 Å². The van der Waals surface area contributed by atoms with E-state index in [2.05, 4.69) is 15.5 Å². The Morgan fingerprint density at radius 2 is 1.74 bits per heavy atom. The number of benzene rings is 2. The molecular weight excluding hydrogens is 437 g/mol. The van der Waals surface area contributed by atoms with Crippen molar-refractivity contribution in [3.8, 4) is 11.1 Å². The van der Waals surface area contributed by atoms with Crippen LogP contribution in [-0.4, -0.2) is 57.8 Å². The van der Waals surface area contributed by atoms with Gasteiger partial charge in [0.2, 0.25) is 5.91 Å². The van der Waals surface area contributed by atoms with Crippen LogP contribution >= 0.6 is 0 Å². The molecule has 8 nitrogen and oxygen atoms in total. The molecule has 0 bridgehead atoms. The van der Waals surface area contributed by atoms with Gasteiger partial charge >= 0.3 is 0 Å². The lowest BCUT2D eigenvalue weighted by atomic mass is 10.0. The van der Waals surface area contributed by atoms with E-state index in [0.29, 0.717) is 57.2 Å². The summed E-state index contributed by atoms with van der Waals surface area (Å²) in [6, 6.07) is 13.7. The van der Waals surface area contributed by atoms with E-state index in [4.69, 9.17) is 4.74 Å². The highest BCUT2D eigenvalue weighted by molar-refractivity contribution is 5.94. The zero-order chi connectivity index (χ0) is 23.5. The summed E-state index contributed by atoms with van der Waals surface area (Å²) in [6.45, 7) is 3.03. The molecule has 1 fully saturated rings. The third-order valence-corrected chi connectivity index (χ3v) is 6.42. The molecule has 1 saturated heterocycles. The van der Waals surface area contributed by atoms with Crippen LogP contribution in [0.4, 0.5) is 4.39 Å². The Bertz CT molecular complexity index is 1170. The van der Waals surface area contributed by atoms with Crippen molar-refractivity contribution in [1.82, 2.24) is 25.0 Å². The minimum absolute atomic E-state index is 0.0237. The molecule has 3 aromatic rings. The second kappa shape index (κ2) is 9.72. The molecule has 1 aromatic heterocycles. The predicted octanol–water partition coefficient (Wildman–Crippen LogP) is 2.44. The van der Waals surface area contributed by atoms with Crippen LogP contribution in [0.5, 0.6) is 0 Å². The van der Waals surface area contributed by atoms with Crippen molar-refractivity contribution in [1.29, 1.82) is 0 Å². The third-order valence-electron chi connectivity index (χ3n) is 6.42. The van der Waals surface area contributed by atoms with Gasteiger partial charge in [0.05, 0.1) is 19.1 Å². The fourth-order valence-electron chi connectivity index (χ4n) is 4.40. The van der Waals surface area contributed by atoms with Crippen LogP contribution in [0.25, 0.3) is 11.1 Å². The highest BCUT2D eigenvalue weighted by atomic mass is 19.1. The molecule has 176 valence electrons. The van der Waals surface area contributed by atoms with E-state index in [1.165, 1.54) is 12.1 Å². The summed E-state index contributed by atoms with van der Waals surface area (Å²) >= 11 is 0. The molecule has 2 aliphatic heterocycles. The molecule has 0 saturated carbocycles. The van der Waals surface area contributed by atoms with Crippen molar-refractivity contribution < 1.29 is 18.7 Å². The van der Waals surface area contributed by atoms with Gasteiger partial charge in [0.15, 0.2) is 5.82 Å². The van der Waals surface area contributed by atoms with Gasteiger partial charge in [-0.3, -0.25) is 9.59 Å². The Morgan fingerprint density at radius 1 is 1.00 bits per heavy atom. The molecule has 3 heterocycles. The Balaban J connectivity index is 1.21. The van der Waals surface area contributed by atoms with E-state index in [1.54, 1.807) is 24.3 Å². The van der Waals surface area contributed by atoms with Crippen molar-refractivity contribution in [3.63, 3.8) is 0 Å². The average molecular weight is 464 g/mol. The van der Waals surface area contributed by atoms with E-state index in [9.17, 15) is 14.0 Å². The number of carbonyl (C=O) groups is 2. The lowest BCUT2D eigenvalue weighted by Crippen LogP contribution is -2.34. The standard InChI is InChI=1S/C25H26FN5O3/c26-21-7-5-18(6-8-21)17-1-3-19(4-2-17)25(33)30-11-9-22-28-29-23(31(22)13-12-30)15-27-24(32)20-10-14-34-16-20/h1-8,20H,9-16H2,(H,27,32). The van der Waals surface area contributed by atoms with E-state index in [-0.39, 0.29) is 23.5 Å². The van der Waals surface area contributed by atoms with Gasteiger partial charge in [-0.25, -0.2) is 4.39 Å². The van der Waals surface area contributed by atoms with Crippen LogP contribution in [0, 0.1) is 11.7 Å². The molecule has 5 rings (SSSR count). The minimum atomic E-state index is -0.277. The monoisotopic (exact) mass is 463 g/mol. The van der Waals surface area contributed by atoms with Crippen LogP contribution in [0.3, 0.4) is 0 Å². The number of rotatable bonds is 5. The van der Waals surface area contributed by atoms with Crippen molar-refractivity contribution in [3.05, 3.63) is 71.6 Å². The fourth-order valence-corrected chi connectivity index (χ4v) is 4.40. The molecule has 9 heteroatoms. The first-order valence-electron chi connectivity index (χ1n) is 11.5. The number of amides is 2. The second-order valence-corrected chi connectivity index (χ2v) is 8.59. The molecule has 0 aliphatic carbocycles. The zero-order valence-corrected chi connectivity index (χ0v) is 18.7. The Hall–Kier alpha value is -3.59. The van der Waals surface area contributed by atoms with Crippen molar-refractivity contribution in [2.45, 2.75) is 25.9 Å². The van der Waals surface area contributed by atoms with Gasteiger partial charge in [0, 0.05) is 38.2 Å². The second-order valence-electron chi connectivity index (χ2n) is 8.59. The maximum absolute atomic E-state index is 13.2. The summed E-state index contributed by atoms with van der Waals surface area (Å²) in [4.78, 5) is 27.2. The molecule has 2 amide bonds. The molecule has 2 aromatic carbocycles. The Labute approximate surface area is 196 Å². The van der Waals surface area contributed by atoms with Gasteiger partial charge < -0.3 is 19.5 Å². The van der Waals surface area contributed by atoms with Gasteiger partial charge in [-0.1, -0.05) is 24.3 Å². The van der Waals surface area contributed by atoms with Gasteiger partial charge in [-0.05, 0) is 41.8 Å². The van der Waals surface area contributed by atoms with Gasteiger partial charge in [0.25, 0.3) is 5.91 Å². The Morgan fingerprint density at radius 3 is 2.44 bits per heavy atom. The lowest BCUT2D eigenvalue weighted by molar-refractivity contribution is -0.125. The summed E-state index contributed by atoms with van der Waals surface area (Å²) in [5, 5.41) is 11.5. The van der Waals surface area contributed by atoms with Gasteiger partial charge in [0.1, 0.15) is 11.6 Å². The molecule has 1 atom stereocenters. The lowest BCUT2D eigenvalue weighted by Gasteiger charge is -2.20. The predicted molar refractivity (Wildman–Crippen MR) is 122 cm³/mol. The average Bonchev–Trinajstić information content (AvgIpc) is 3.49. The minimum Gasteiger partial charge on any atom is -0.381 e. The maximum atomic E-state index is 13.2. The maximum Gasteiger partial charge on any atom is 0.253 e. The summed E-state index contributed by atoms with van der Waals surface area (Å²) < 4.78 is 20.4. The van der Waals surface area contributed by atoms with E-state index < -0.39 is 0 Å². The molecule has 0 spiro atoms. The number of nitrogens with zero attached hydrogens (tertiary/aromatic N) is 4. The van der Waals surface area contributed by atoms with E-state index >= 15 is 0 Å². The van der Waals surface area contributed by atoms with Crippen LogP contribution < -0.4 is 5.32 Å². The van der Waals surface area contributed by atoms with Gasteiger partial charge in [-0.15, -0.1) is 10.2 Å².